The van der Waals surface area contributed by atoms with Gasteiger partial charge in [-0.2, -0.15) is 13.2 Å². The van der Waals surface area contributed by atoms with Crippen molar-refractivity contribution >= 4 is 21.8 Å². The van der Waals surface area contributed by atoms with Gasteiger partial charge in [0.05, 0.1) is 0 Å². The van der Waals surface area contributed by atoms with Crippen LogP contribution in [0.4, 0.5) is 13.2 Å². The molecule has 1 amide bonds. The minimum absolute atomic E-state index is 0.233. The summed E-state index contributed by atoms with van der Waals surface area (Å²) in [5.74, 6) is -0.713. The van der Waals surface area contributed by atoms with E-state index in [2.05, 4.69) is 20.8 Å². The molecule has 0 fully saturated rings. The molecular formula is C10H9BrF3NO2. The second kappa shape index (κ2) is 6.02. The Bertz CT molecular complexity index is 378. The van der Waals surface area contributed by atoms with Crippen molar-refractivity contribution in [1.29, 1.82) is 0 Å². The molecule has 0 heterocycles. The lowest BCUT2D eigenvalue weighted by Crippen LogP contribution is -2.29. The van der Waals surface area contributed by atoms with Crippen LogP contribution >= 0.6 is 15.9 Å². The summed E-state index contributed by atoms with van der Waals surface area (Å²) in [7, 11) is 0. The SMILES string of the molecule is O=C(NOCC(F)(F)F)c1ccc(CBr)cc1. The van der Waals surface area contributed by atoms with Crippen LogP contribution in [0.25, 0.3) is 0 Å². The van der Waals surface area contributed by atoms with Crippen LogP contribution in [-0.2, 0) is 10.2 Å². The summed E-state index contributed by atoms with van der Waals surface area (Å²) in [4.78, 5) is 15.4. The van der Waals surface area contributed by atoms with Gasteiger partial charge >= 0.3 is 6.18 Å². The first-order valence-electron chi connectivity index (χ1n) is 4.56. The number of rotatable bonds is 4. The fourth-order valence-electron chi connectivity index (χ4n) is 0.988. The van der Waals surface area contributed by atoms with Gasteiger partial charge < -0.3 is 0 Å². The van der Waals surface area contributed by atoms with Crippen molar-refractivity contribution in [2.45, 2.75) is 11.5 Å². The number of hydrogen-bond acceptors (Lipinski definition) is 2. The van der Waals surface area contributed by atoms with Gasteiger partial charge in [-0.3, -0.25) is 9.63 Å². The molecule has 1 N–H and O–H groups in total. The van der Waals surface area contributed by atoms with E-state index < -0.39 is 18.7 Å². The van der Waals surface area contributed by atoms with Crippen LogP contribution in [0.3, 0.4) is 0 Å². The first kappa shape index (κ1) is 14.0. The third kappa shape index (κ3) is 5.18. The number of halogens is 4. The Balaban J connectivity index is 2.47. The van der Waals surface area contributed by atoms with E-state index in [9.17, 15) is 18.0 Å². The van der Waals surface area contributed by atoms with E-state index in [0.29, 0.717) is 5.33 Å². The van der Waals surface area contributed by atoms with Crippen molar-refractivity contribution in [2.24, 2.45) is 0 Å². The summed E-state index contributed by atoms with van der Waals surface area (Å²) in [6.07, 6.45) is -4.47. The Hall–Kier alpha value is -1.08. The minimum Gasteiger partial charge on any atom is -0.267 e. The van der Waals surface area contributed by atoms with Crippen LogP contribution in [-0.4, -0.2) is 18.7 Å². The number of hydrogen-bond donors (Lipinski definition) is 1. The first-order chi connectivity index (χ1) is 7.92. The Kier molecular flexibility index (Phi) is 4.95. The highest BCUT2D eigenvalue weighted by Gasteiger charge is 2.28. The van der Waals surface area contributed by atoms with Gasteiger partial charge in [-0.1, -0.05) is 28.1 Å². The average Bonchev–Trinajstić information content (AvgIpc) is 2.27. The van der Waals surface area contributed by atoms with Gasteiger partial charge in [-0.15, -0.1) is 0 Å². The fourth-order valence-corrected chi connectivity index (χ4v) is 1.36. The first-order valence-corrected chi connectivity index (χ1v) is 5.68. The van der Waals surface area contributed by atoms with E-state index in [0.717, 1.165) is 5.56 Å². The summed E-state index contributed by atoms with van der Waals surface area (Å²) < 4.78 is 35.2. The zero-order valence-electron chi connectivity index (χ0n) is 8.55. The van der Waals surface area contributed by atoms with Crippen LogP contribution in [0.1, 0.15) is 15.9 Å². The van der Waals surface area contributed by atoms with E-state index in [1.54, 1.807) is 17.6 Å². The van der Waals surface area contributed by atoms with Gasteiger partial charge in [-0.25, -0.2) is 5.48 Å². The predicted octanol–water partition coefficient (Wildman–Crippen LogP) is 2.81. The van der Waals surface area contributed by atoms with E-state index in [1.165, 1.54) is 12.1 Å². The molecule has 0 saturated heterocycles. The van der Waals surface area contributed by atoms with E-state index >= 15 is 0 Å². The molecule has 94 valence electrons. The monoisotopic (exact) mass is 311 g/mol. The summed E-state index contributed by atoms with van der Waals surface area (Å²) in [5, 5.41) is 0.638. The molecule has 0 aliphatic rings. The molecule has 1 aromatic rings. The summed E-state index contributed by atoms with van der Waals surface area (Å²) in [6.45, 7) is -1.52. The lowest BCUT2D eigenvalue weighted by Gasteiger charge is -2.08. The maximum atomic E-state index is 11.7. The average molecular weight is 312 g/mol. The van der Waals surface area contributed by atoms with Crippen molar-refractivity contribution in [1.82, 2.24) is 5.48 Å². The second-order valence-corrected chi connectivity index (χ2v) is 3.73. The molecule has 1 aromatic carbocycles. The van der Waals surface area contributed by atoms with Crippen molar-refractivity contribution in [3.8, 4) is 0 Å². The fraction of sp³-hybridized carbons (Fsp3) is 0.300. The van der Waals surface area contributed by atoms with Crippen molar-refractivity contribution in [3.63, 3.8) is 0 Å². The largest absolute Gasteiger partial charge is 0.414 e. The van der Waals surface area contributed by atoms with Crippen molar-refractivity contribution < 1.29 is 22.8 Å². The smallest absolute Gasteiger partial charge is 0.267 e. The molecular weight excluding hydrogens is 303 g/mol. The van der Waals surface area contributed by atoms with Gasteiger partial charge in [0.1, 0.15) is 0 Å². The maximum Gasteiger partial charge on any atom is 0.414 e. The van der Waals surface area contributed by atoms with Gasteiger partial charge in [0.2, 0.25) is 0 Å². The minimum atomic E-state index is -4.47. The Morgan fingerprint density at radius 1 is 1.29 bits per heavy atom. The molecule has 0 aliphatic heterocycles. The Morgan fingerprint density at radius 2 is 1.88 bits per heavy atom. The lowest BCUT2D eigenvalue weighted by molar-refractivity contribution is -0.184. The third-order valence-electron chi connectivity index (χ3n) is 1.77. The molecule has 0 saturated carbocycles. The second-order valence-electron chi connectivity index (χ2n) is 3.17. The number of alkyl halides is 4. The summed E-state index contributed by atoms with van der Waals surface area (Å²) >= 11 is 3.23. The van der Waals surface area contributed by atoms with Gasteiger partial charge in [0, 0.05) is 10.9 Å². The Morgan fingerprint density at radius 3 is 2.35 bits per heavy atom. The quantitative estimate of drug-likeness (QED) is 0.686. The number of carbonyl (C=O) groups excluding carboxylic acids is 1. The number of hydroxylamine groups is 1. The predicted molar refractivity (Wildman–Crippen MR) is 58.5 cm³/mol. The highest BCUT2D eigenvalue weighted by molar-refractivity contribution is 9.08. The van der Waals surface area contributed by atoms with Crippen molar-refractivity contribution in [3.05, 3.63) is 35.4 Å². The lowest BCUT2D eigenvalue weighted by atomic mass is 10.1. The molecule has 0 unspecified atom stereocenters. The van der Waals surface area contributed by atoms with E-state index in [-0.39, 0.29) is 5.56 Å². The normalized spacial score (nSPS) is 11.3. The molecule has 1 rings (SSSR count). The Labute approximate surface area is 104 Å². The van der Waals surface area contributed by atoms with Gasteiger partial charge in [0.15, 0.2) is 6.61 Å². The van der Waals surface area contributed by atoms with Crippen molar-refractivity contribution in [2.75, 3.05) is 6.61 Å². The number of carbonyl (C=O) groups is 1. The third-order valence-corrected chi connectivity index (χ3v) is 2.42. The number of nitrogens with one attached hydrogen (secondary N) is 1. The molecule has 0 aliphatic carbocycles. The van der Waals surface area contributed by atoms with Crippen LogP contribution in [0, 0.1) is 0 Å². The molecule has 0 atom stereocenters. The highest BCUT2D eigenvalue weighted by atomic mass is 79.9. The van der Waals surface area contributed by atoms with Gasteiger partial charge in [0.25, 0.3) is 5.91 Å². The van der Waals surface area contributed by atoms with Crippen LogP contribution in [0.5, 0.6) is 0 Å². The standard InChI is InChI=1S/C10H9BrF3NO2/c11-5-7-1-3-8(4-2-7)9(16)15-17-6-10(12,13)14/h1-4H,5-6H2,(H,15,16). The number of benzene rings is 1. The molecule has 7 heteroatoms. The van der Waals surface area contributed by atoms with Crippen LogP contribution in [0.15, 0.2) is 24.3 Å². The molecule has 0 bridgehead atoms. The highest BCUT2D eigenvalue weighted by Crippen LogP contribution is 2.14. The zero-order chi connectivity index (χ0) is 12.9. The van der Waals surface area contributed by atoms with Crippen LogP contribution in [0.2, 0.25) is 0 Å². The molecule has 0 radical (unpaired) electrons. The number of amides is 1. The maximum absolute atomic E-state index is 11.7. The summed E-state index contributed by atoms with van der Waals surface area (Å²) in [6, 6.07) is 6.38. The molecule has 0 aromatic heterocycles. The molecule has 3 nitrogen and oxygen atoms in total. The summed E-state index contributed by atoms with van der Waals surface area (Å²) in [5.41, 5.74) is 2.91. The topological polar surface area (TPSA) is 38.3 Å². The van der Waals surface area contributed by atoms with Crippen LogP contribution < -0.4 is 5.48 Å². The van der Waals surface area contributed by atoms with E-state index in [1.807, 2.05) is 0 Å². The molecule has 17 heavy (non-hydrogen) atoms. The van der Waals surface area contributed by atoms with E-state index in [4.69, 9.17) is 0 Å². The van der Waals surface area contributed by atoms with Gasteiger partial charge in [-0.05, 0) is 17.7 Å². The molecule has 0 spiro atoms. The zero-order valence-corrected chi connectivity index (χ0v) is 10.1.